The third-order valence-corrected chi connectivity index (χ3v) is 13.3. The molecular formula is C52H60BBr2N8O6. The number of pyridine rings is 2. The summed E-state index contributed by atoms with van der Waals surface area (Å²) in [6.45, 7) is 4.68. The summed E-state index contributed by atoms with van der Waals surface area (Å²) in [4.78, 5) is 62.3. The van der Waals surface area contributed by atoms with E-state index < -0.39 is 24.0 Å². The van der Waals surface area contributed by atoms with Gasteiger partial charge in [-0.1, -0.05) is 75.7 Å². The van der Waals surface area contributed by atoms with E-state index in [2.05, 4.69) is 115 Å². The smallest absolute Gasteiger partial charge is 0.329 e. The second-order valence-electron chi connectivity index (χ2n) is 16.8. The number of rotatable bonds is 16. The van der Waals surface area contributed by atoms with Gasteiger partial charge in [0.2, 0.25) is 11.8 Å². The molecule has 69 heavy (non-hydrogen) atoms. The van der Waals surface area contributed by atoms with Crippen molar-refractivity contribution in [1.29, 1.82) is 0 Å². The highest BCUT2D eigenvalue weighted by molar-refractivity contribution is 9.10. The van der Waals surface area contributed by atoms with Crippen LogP contribution in [0, 0.1) is 11.8 Å². The number of aromatic nitrogens is 2. The number of benzene rings is 4. The molecule has 2 aromatic heterocycles. The van der Waals surface area contributed by atoms with Gasteiger partial charge in [0.1, 0.15) is 12.1 Å². The molecule has 2 aliphatic rings. The molecule has 4 heterocycles. The molecule has 2 unspecified atom stereocenters. The second-order valence-corrected chi connectivity index (χ2v) is 18.7. The minimum Gasteiger partial charge on any atom is -0.480 e. The van der Waals surface area contributed by atoms with Crippen molar-refractivity contribution in [2.45, 2.75) is 58.3 Å². The molecule has 0 bridgehead atoms. The second kappa shape index (κ2) is 26.8. The van der Waals surface area contributed by atoms with E-state index >= 15 is 0 Å². The number of esters is 1. The number of amides is 2. The Balaban J connectivity index is 0.000000250. The molecular weight excluding hydrogens is 1000 g/mol. The summed E-state index contributed by atoms with van der Waals surface area (Å²) in [7, 11) is 1.34. The lowest BCUT2D eigenvalue weighted by atomic mass is 9.95. The number of carbonyl (C=O) groups is 4. The van der Waals surface area contributed by atoms with Gasteiger partial charge in [0, 0.05) is 118 Å². The van der Waals surface area contributed by atoms with Crippen LogP contribution in [0.3, 0.4) is 0 Å². The summed E-state index contributed by atoms with van der Waals surface area (Å²) < 4.78 is 7.01. The molecule has 0 aliphatic carbocycles. The van der Waals surface area contributed by atoms with E-state index in [0.29, 0.717) is 32.5 Å². The molecule has 3 radical (unpaired) electrons. The van der Waals surface area contributed by atoms with Crippen molar-refractivity contribution in [3.8, 4) is 0 Å². The van der Waals surface area contributed by atoms with Crippen LogP contribution in [0.5, 0.6) is 0 Å². The van der Waals surface area contributed by atoms with Gasteiger partial charge in [0.15, 0.2) is 0 Å². The van der Waals surface area contributed by atoms with Crippen LogP contribution in [-0.4, -0.2) is 106 Å². The zero-order valence-electron chi connectivity index (χ0n) is 38.0. The van der Waals surface area contributed by atoms with Crippen molar-refractivity contribution < 1.29 is 29.0 Å². The molecule has 361 valence electrons. The third kappa shape index (κ3) is 15.6. The summed E-state index contributed by atoms with van der Waals surface area (Å²) in [5.41, 5.74) is 4.38. The van der Waals surface area contributed by atoms with Crippen molar-refractivity contribution in [3.63, 3.8) is 0 Å². The van der Waals surface area contributed by atoms with Gasteiger partial charge in [-0.3, -0.25) is 19.6 Å². The Bertz CT molecular complexity index is 2620. The Morgan fingerprint density at radius 2 is 0.986 bits per heavy atom. The SMILES string of the molecule is C.COC(=O)C(CNCc1ccc2cc(Br)ccc2c1)NC(=O)C1CCN(c2ccncc2)CC1.O=C(NC(CNCc1ccc2cc(Br)ccc2c1)C(=O)O)C1CCN(c2ccncc2)CC1.[B]. The number of piperidine rings is 2. The van der Waals surface area contributed by atoms with E-state index in [1.165, 1.54) is 7.11 Å². The van der Waals surface area contributed by atoms with Gasteiger partial charge >= 0.3 is 11.9 Å². The van der Waals surface area contributed by atoms with Gasteiger partial charge < -0.3 is 40.9 Å². The van der Waals surface area contributed by atoms with Crippen LogP contribution in [0.1, 0.15) is 44.2 Å². The number of methoxy groups -OCH3 is 1. The van der Waals surface area contributed by atoms with Gasteiger partial charge in [0.25, 0.3) is 0 Å². The van der Waals surface area contributed by atoms with Crippen LogP contribution in [0.15, 0.2) is 131 Å². The Labute approximate surface area is 423 Å². The first kappa shape index (κ1) is 54.1. The Hall–Kier alpha value is -5.88. The lowest BCUT2D eigenvalue weighted by molar-refractivity contribution is -0.145. The summed E-state index contributed by atoms with van der Waals surface area (Å²) >= 11 is 6.97. The highest BCUT2D eigenvalue weighted by atomic mass is 79.9. The quantitative estimate of drug-likeness (QED) is 0.0478. The minimum absolute atomic E-state index is 0. The molecule has 2 saturated heterocycles. The van der Waals surface area contributed by atoms with Gasteiger partial charge in [-0.25, -0.2) is 9.59 Å². The van der Waals surface area contributed by atoms with E-state index in [0.717, 1.165) is 92.0 Å². The van der Waals surface area contributed by atoms with Crippen molar-refractivity contribution in [3.05, 3.63) is 142 Å². The van der Waals surface area contributed by atoms with E-state index in [4.69, 9.17) is 4.74 Å². The number of halogens is 2. The molecule has 2 atom stereocenters. The number of aliphatic carboxylic acids is 1. The van der Waals surface area contributed by atoms with Gasteiger partial charge in [-0.15, -0.1) is 0 Å². The van der Waals surface area contributed by atoms with Crippen molar-refractivity contribution in [2.75, 3.05) is 56.2 Å². The maximum atomic E-state index is 12.9. The maximum absolute atomic E-state index is 12.9. The molecule has 6 aromatic rings. The first-order valence-corrected chi connectivity index (χ1v) is 24.1. The number of nitrogens with one attached hydrogen (secondary N) is 4. The van der Waals surface area contributed by atoms with Crippen LogP contribution in [-0.2, 0) is 37.0 Å². The standard InChI is InChI=1S/C26H29BrN4O3.C25H27BrN4O3.CH4.B/c1-34-26(33)24(17-29-16-18-2-3-21-15-22(27)5-4-20(21)14-18)30-25(32)19-8-12-31(13-9-19)23-6-10-28-11-7-23;26-21-4-3-19-13-17(1-2-20(19)14-21)15-28-16-23(25(32)33)29-24(31)18-7-11-30(12-8-18)22-5-9-27-10-6-22;;/h2-7,10-11,14-15,19,24,29H,8-9,12-13,16-17H2,1H3,(H,30,32);1-6,9-10,13-14,18,23,28H,7-8,11-12,15-16H2,(H,29,31)(H,32,33);1H4;. The lowest BCUT2D eigenvalue weighted by Gasteiger charge is -2.33. The van der Waals surface area contributed by atoms with Gasteiger partial charge in [0.05, 0.1) is 7.11 Å². The fourth-order valence-electron chi connectivity index (χ4n) is 8.50. The molecule has 5 N–H and O–H groups in total. The number of anilines is 2. The van der Waals surface area contributed by atoms with Gasteiger partial charge in [-0.2, -0.15) is 0 Å². The molecule has 14 nitrogen and oxygen atoms in total. The third-order valence-electron chi connectivity index (χ3n) is 12.3. The van der Waals surface area contributed by atoms with E-state index in [1.807, 2.05) is 54.6 Å². The number of ether oxygens (including phenoxy) is 1. The number of fused-ring (bicyclic) bond motifs is 2. The monoisotopic (exact) mass is 1060 g/mol. The first-order chi connectivity index (χ1) is 32.5. The van der Waals surface area contributed by atoms with E-state index in [9.17, 15) is 24.3 Å². The summed E-state index contributed by atoms with van der Waals surface area (Å²) in [5, 5.41) is 26.3. The Morgan fingerprint density at radius 1 is 0.609 bits per heavy atom. The molecule has 4 aromatic carbocycles. The maximum Gasteiger partial charge on any atom is 0.329 e. The fourth-order valence-corrected chi connectivity index (χ4v) is 9.26. The predicted molar refractivity (Wildman–Crippen MR) is 281 cm³/mol. The average Bonchev–Trinajstić information content (AvgIpc) is 3.36. The fraction of sp³-hybridized carbons (Fsp3) is 0.346. The molecule has 0 spiro atoms. The number of nitrogens with zero attached hydrogens (tertiary/aromatic N) is 4. The molecule has 17 heteroatoms. The zero-order valence-corrected chi connectivity index (χ0v) is 41.1. The molecule has 2 fully saturated rings. The van der Waals surface area contributed by atoms with Crippen LogP contribution in [0.4, 0.5) is 11.4 Å². The largest absolute Gasteiger partial charge is 0.480 e. The highest BCUT2D eigenvalue weighted by Crippen LogP contribution is 2.26. The van der Waals surface area contributed by atoms with E-state index in [1.54, 1.807) is 24.8 Å². The number of hydrogen-bond acceptors (Lipinski definition) is 11. The predicted octanol–water partition coefficient (Wildman–Crippen LogP) is 7.49. The molecule has 8 rings (SSSR count). The van der Waals surface area contributed by atoms with Crippen LogP contribution < -0.4 is 31.1 Å². The summed E-state index contributed by atoms with van der Waals surface area (Å²) in [6, 6.07) is 30.9. The first-order valence-electron chi connectivity index (χ1n) is 22.5. The van der Waals surface area contributed by atoms with Crippen LogP contribution >= 0.6 is 31.9 Å². The number of carboxylic acid groups (broad SMARTS) is 1. The summed E-state index contributed by atoms with van der Waals surface area (Å²) in [6.07, 6.45) is 9.94. The molecule has 2 amide bonds. The minimum atomic E-state index is -1.03. The lowest BCUT2D eigenvalue weighted by Crippen LogP contribution is -2.51. The zero-order chi connectivity index (χ0) is 47.1. The van der Waals surface area contributed by atoms with E-state index in [-0.39, 0.29) is 46.0 Å². The Kier molecular flexibility index (Phi) is 21.0. The van der Waals surface area contributed by atoms with Gasteiger partial charge in [-0.05, 0) is 119 Å². The number of carboxylic acids is 1. The molecule has 2 aliphatic heterocycles. The van der Waals surface area contributed by atoms with Crippen LogP contribution in [0.25, 0.3) is 21.5 Å². The average molecular weight is 1060 g/mol. The van der Waals surface area contributed by atoms with Crippen molar-refractivity contribution in [1.82, 2.24) is 31.2 Å². The normalized spacial score (nSPS) is 14.8. The van der Waals surface area contributed by atoms with Crippen molar-refractivity contribution >= 4 is 96.9 Å². The Morgan fingerprint density at radius 3 is 1.39 bits per heavy atom. The number of hydrogen-bond donors (Lipinski definition) is 5. The summed E-state index contributed by atoms with van der Waals surface area (Å²) in [5.74, 6) is -2.06. The highest BCUT2D eigenvalue weighted by Gasteiger charge is 2.30. The topological polar surface area (TPSA) is 178 Å². The van der Waals surface area contributed by atoms with Crippen LogP contribution in [0.2, 0.25) is 0 Å². The number of carbonyl (C=O) groups excluding carboxylic acids is 3. The van der Waals surface area contributed by atoms with Crippen molar-refractivity contribution in [2.24, 2.45) is 11.8 Å². The molecule has 0 saturated carbocycles.